The Morgan fingerprint density at radius 2 is 1.35 bits per heavy atom. The van der Waals surface area contributed by atoms with E-state index in [2.05, 4.69) is 16.0 Å². The van der Waals surface area contributed by atoms with Crippen LogP contribution < -0.4 is 21.7 Å². The van der Waals surface area contributed by atoms with Gasteiger partial charge in [-0.3, -0.25) is 9.59 Å². The molecule has 0 bridgehead atoms. The lowest BCUT2D eigenvalue weighted by molar-refractivity contribution is -0.158. The first-order valence-electron chi connectivity index (χ1n) is 16.2. The number of carbonyl (C=O) groups excluding carboxylic acids is 5. The Morgan fingerprint density at radius 3 is 1.93 bits per heavy atom. The quantitative estimate of drug-likeness (QED) is 0.0966. The molecule has 1 rings (SSSR count). The van der Waals surface area contributed by atoms with Crippen molar-refractivity contribution in [1.82, 2.24) is 16.0 Å². The largest absolute Gasteiger partial charge is 0.460 e. The van der Waals surface area contributed by atoms with Gasteiger partial charge in [-0.25, -0.2) is 14.4 Å². The highest BCUT2D eigenvalue weighted by Crippen LogP contribution is 2.14. The lowest BCUT2D eigenvalue weighted by Gasteiger charge is -2.26. The minimum atomic E-state index is -1.17. The van der Waals surface area contributed by atoms with E-state index in [9.17, 15) is 24.0 Å². The van der Waals surface area contributed by atoms with Crippen LogP contribution in [-0.4, -0.2) is 66.2 Å². The second kappa shape index (κ2) is 20.5. The summed E-state index contributed by atoms with van der Waals surface area (Å²) >= 11 is 0. The number of rotatable bonds is 19. The van der Waals surface area contributed by atoms with E-state index in [-0.39, 0.29) is 31.8 Å². The van der Waals surface area contributed by atoms with Crippen molar-refractivity contribution in [3.63, 3.8) is 0 Å². The van der Waals surface area contributed by atoms with Crippen LogP contribution in [0.2, 0.25) is 0 Å². The van der Waals surface area contributed by atoms with Crippen molar-refractivity contribution in [3.05, 3.63) is 35.4 Å². The maximum absolute atomic E-state index is 13.1. The minimum absolute atomic E-state index is 0.0234. The monoisotopic (exact) mass is 648 g/mol. The Balaban J connectivity index is 2.87. The summed E-state index contributed by atoms with van der Waals surface area (Å²) in [5.41, 5.74) is 5.82. The highest BCUT2D eigenvalue weighted by molar-refractivity contribution is 5.87. The summed E-state index contributed by atoms with van der Waals surface area (Å²) < 4.78 is 16.3. The van der Waals surface area contributed by atoms with Gasteiger partial charge in [0.15, 0.2) is 0 Å². The van der Waals surface area contributed by atoms with Gasteiger partial charge in [-0.2, -0.15) is 0 Å². The number of benzene rings is 1. The predicted molar refractivity (Wildman–Crippen MR) is 176 cm³/mol. The second-order valence-electron chi connectivity index (χ2n) is 13.4. The van der Waals surface area contributed by atoms with E-state index < -0.39 is 47.2 Å². The number of nitrogens with one attached hydrogen (secondary N) is 3. The van der Waals surface area contributed by atoms with Gasteiger partial charge in [0.25, 0.3) is 0 Å². The molecule has 2 unspecified atom stereocenters. The number of hydrogen-bond donors (Lipinski definition) is 4. The Labute approximate surface area is 274 Å². The van der Waals surface area contributed by atoms with Crippen molar-refractivity contribution in [2.45, 2.75) is 136 Å². The molecule has 0 aromatic heterocycles. The third-order valence-electron chi connectivity index (χ3n) is 6.50. The van der Waals surface area contributed by atoms with Crippen LogP contribution in [0.15, 0.2) is 24.3 Å². The van der Waals surface area contributed by atoms with Crippen LogP contribution in [-0.2, 0) is 40.0 Å². The summed E-state index contributed by atoms with van der Waals surface area (Å²) in [7, 11) is 0. The van der Waals surface area contributed by atoms with Crippen molar-refractivity contribution >= 4 is 29.8 Å². The molecule has 0 fully saturated rings. The molecule has 46 heavy (non-hydrogen) atoms. The Hall–Kier alpha value is -3.67. The first-order valence-corrected chi connectivity index (χ1v) is 16.2. The smallest absolute Gasteiger partial charge is 0.329 e. The Kier molecular flexibility index (Phi) is 17.9. The van der Waals surface area contributed by atoms with E-state index in [1.165, 1.54) is 0 Å². The van der Waals surface area contributed by atoms with Gasteiger partial charge >= 0.3 is 23.9 Å². The maximum atomic E-state index is 13.1. The van der Waals surface area contributed by atoms with E-state index >= 15 is 0 Å². The van der Waals surface area contributed by atoms with E-state index in [0.717, 1.165) is 30.4 Å². The molecule has 0 radical (unpaired) electrons. The van der Waals surface area contributed by atoms with Gasteiger partial charge < -0.3 is 35.9 Å². The fraction of sp³-hybridized carbons (Fsp3) is 0.676. The van der Waals surface area contributed by atoms with Crippen LogP contribution in [0.25, 0.3) is 0 Å². The molecule has 0 saturated carbocycles. The summed E-state index contributed by atoms with van der Waals surface area (Å²) in [6.07, 6.45) is 4.12. The molecule has 5 N–H and O–H groups in total. The van der Waals surface area contributed by atoms with Crippen molar-refractivity contribution in [1.29, 1.82) is 0 Å². The lowest BCUT2D eigenvalue weighted by Crippen LogP contribution is -2.52. The SMILES string of the molecule is Cc1ccc(COC(=O)C(CCCCNC(=O)CCCCCN)NC(=O)NC(CCC(=O)OC(C)(C)C)C(=O)OC(C)(C)C)cc1. The lowest BCUT2D eigenvalue weighted by atomic mass is 10.1. The van der Waals surface area contributed by atoms with Gasteiger partial charge in [0.2, 0.25) is 5.91 Å². The zero-order chi connectivity index (χ0) is 34.8. The van der Waals surface area contributed by atoms with Crippen LogP contribution in [0, 0.1) is 6.92 Å². The predicted octanol–water partition coefficient (Wildman–Crippen LogP) is 4.34. The number of unbranched alkanes of at least 4 members (excludes halogenated alkanes) is 3. The van der Waals surface area contributed by atoms with Gasteiger partial charge in [-0.05, 0) is 99.1 Å². The first kappa shape index (κ1) is 40.4. The molecule has 1 aromatic carbocycles. The second-order valence-corrected chi connectivity index (χ2v) is 13.4. The van der Waals surface area contributed by atoms with Gasteiger partial charge in [0.1, 0.15) is 29.9 Å². The molecule has 12 heteroatoms. The van der Waals surface area contributed by atoms with Crippen molar-refractivity contribution in [2.75, 3.05) is 13.1 Å². The summed E-state index contributed by atoms with van der Waals surface area (Å²) in [6.45, 7) is 13.3. The third-order valence-corrected chi connectivity index (χ3v) is 6.50. The van der Waals surface area contributed by atoms with Gasteiger partial charge in [-0.15, -0.1) is 0 Å². The van der Waals surface area contributed by atoms with Crippen molar-refractivity contribution < 1.29 is 38.2 Å². The number of aryl methyl sites for hydroxylation is 1. The molecular formula is C34H56N4O8. The van der Waals surface area contributed by atoms with E-state index in [4.69, 9.17) is 19.9 Å². The zero-order valence-corrected chi connectivity index (χ0v) is 28.8. The summed E-state index contributed by atoms with van der Waals surface area (Å²) in [5.74, 6) is -1.92. The summed E-state index contributed by atoms with van der Waals surface area (Å²) in [6, 6.07) is 4.54. The highest BCUT2D eigenvalue weighted by atomic mass is 16.6. The molecule has 1 aromatic rings. The van der Waals surface area contributed by atoms with Crippen LogP contribution in [0.5, 0.6) is 0 Å². The number of nitrogens with two attached hydrogens (primary N) is 1. The van der Waals surface area contributed by atoms with E-state index in [1.807, 2.05) is 31.2 Å². The average Bonchev–Trinajstić information content (AvgIpc) is 2.94. The fourth-order valence-corrected chi connectivity index (χ4v) is 4.22. The highest BCUT2D eigenvalue weighted by Gasteiger charge is 2.30. The molecule has 3 amide bonds. The zero-order valence-electron chi connectivity index (χ0n) is 28.8. The van der Waals surface area contributed by atoms with Gasteiger partial charge in [0.05, 0.1) is 0 Å². The molecule has 12 nitrogen and oxygen atoms in total. The number of ether oxygens (including phenoxy) is 3. The molecule has 0 saturated heterocycles. The topological polar surface area (TPSA) is 175 Å². The number of carbonyl (C=O) groups is 5. The van der Waals surface area contributed by atoms with E-state index in [1.54, 1.807) is 41.5 Å². The number of esters is 3. The number of hydrogen-bond acceptors (Lipinski definition) is 9. The standard InChI is InChI=1S/C34H56N4O8/c1-24-15-17-25(18-16-24)23-44-30(41)26(13-10-12-22-36-28(39)14-9-8-11-21-35)37-32(43)38-27(31(42)46-34(5,6)7)19-20-29(40)45-33(2,3)4/h15-18,26-27H,8-14,19-23,35H2,1-7H3,(H,36,39)(H2,37,38,43). The molecule has 0 aliphatic heterocycles. The molecule has 2 atom stereocenters. The molecule has 0 spiro atoms. The van der Waals surface area contributed by atoms with Crippen LogP contribution in [0.3, 0.4) is 0 Å². The Morgan fingerprint density at radius 1 is 0.739 bits per heavy atom. The van der Waals surface area contributed by atoms with Gasteiger partial charge in [-0.1, -0.05) is 36.2 Å². The van der Waals surface area contributed by atoms with Crippen LogP contribution in [0.1, 0.15) is 110 Å². The van der Waals surface area contributed by atoms with Crippen molar-refractivity contribution in [3.8, 4) is 0 Å². The molecule has 0 aliphatic carbocycles. The van der Waals surface area contributed by atoms with Crippen molar-refractivity contribution in [2.24, 2.45) is 5.73 Å². The third kappa shape index (κ3) is 19.7. The summed E-state index contributed by atoms with van der Waals surface area (Å²) in [4.78, 5) is 63.6. The average molecular weight is 649 g/mol. The molecular weight excluding hydrogens is 592 g/mol. The van der Waals surface area contributed by atoms with Crippen LogP contribution in [0.4, 0.5) is 4.79 Å². The normalized spacial score (nSPS) is 12.8. The van der Waals surface area contributed by atoms with Crippen LogP contribution >= 0.6 is 0 Å². The molecule has 0 aliphatic rings. The van der Waals surface area contributed by atoms with E-state index in [0.29, 0.717) is 32.4 Å². The molecule has 0 heterocycles. The molecule has 260 valence electrons. The minimum Gasteiger partial charge on any atom is -0.460 e. The Bertz CT molecular complexity index is 1110. The summed E-state index contributed by atoms with van der Waals surface area (Å²) in [5, 5.41) is 8.07. The van der Waals surface area contributed by atoms with Gasteiger partial charge in [0, 0.05) is 19.4 Å². The number of amides is 3. The maximum Gasteiger partial charge on any atom is 0.329 e. The fourth-order valence-electron chi connectivity index (χ4n) is 4.22. The first-order chi connectivity index (χ1) is 21.5. The number of urea groups is 1.